The number of hydrogen-bond donors (Lipinski definition) is 0. The topological polar surface area (TPSA) is 30.9 Å². The van der Waals surface area contributed by atoms with E-state index in [2.05, 4.69) is 67.9 Å². The van der Waals surface area contributed by atoms with Crippen LogP contribution in [0.5, 0.6) is 0 Å². The lowest BCUT2D eigenvalue weighted by molar-refractivity contribution is 0.181. The van der Waals surface area contributed by atoms with Gasteiger partial charge in [-0.2, -0.15) is 0 Å². The molecule has 0 N–H and O–H groups in total. The fourth-order valence-corrected chi connectivity index (χ4v) is 3.75. The van der Waals surface area contributed by atoms with Crippen molar-refractivity contribution in [3.8, 4) is 0 Å². The number of rotatable bonds is 9. The molecule has 162 valence electrons. The van der Waals surface area contributed by atoms with Crippen LogP contribution < -0.4 is 4.90 Å². The van der Waals surface area contributed by atoms with Gasteiger partial charge in [-0.15, -0.1) is 0 Å². The molecule has 0 spiro atoms. The van der Waals surface area contributed by atoms with E-state index in [9.17, 15) is 0 Å². The van der Waals surface area contributed by atoms with Crippen LogP contribution >= 0.6 is 0 Å². The van der Waals surface area contributed by atoms with E-state index in [0.29, 0.717) is 18.3 Å². The van der Waals surface area contributed by atoms with Crippen molar-refractivity contribution in [1.29, 1.82) is 0 Å². The summed E-state index contributed by atoms with van der Waals surface area (Å²) in [5.41, 5.74) is 5.31. The predicted molar refractivity (Wildman–Crippen MR) is 127 cm³/mol. The van der Waals surface area contributed by atoms with E-state index in [4.69, 9.17) is 14.2 Å². The molecule has 1 aliphatic carbocycles. The molecular weight excluding hydrogens is 386 g/mol. The van der Waals surface area contributed by atoms with Gasteiger partial charge in [0.1, 0.15) is 12.4 Å². The maximum atomic E-state index is 6.22. The summed E-state index contributed by atoms with van der Waals surface area (Å²) < 4.78 is 16.8. The molecule has 0 aliphatic heterocycles. The van der Waals surface area contributed by atoms with Crippen molar-refractivity contribution in [3.63, 3.8) is 0 Å². The summed E-state index contributed by atoms with van der Waals surface area (Å²) >= 11 is 0. The maximum Gasteiger partial charge on any atom is 0.122 e. The lowest BCUT2D eigenvalue weighted by Gasteiger charge is -2.30. The van der Waals surface area contributed by atoms with Crippen molar-refractivity contribution < 1.29 is 14.2 Å². The first-order valence-electron chi connectivity index (χ1n) is 10.4. The molecule has 0 fully saturated rings. The zero-order chi connectivity index (χ0) is 22.2. The lowest BCUT2D eigenvalue weighted by atomic mass is 9.96. The van der Waals surface area contributed by atoms with Gasteiger partial charge in [-0.25, -0.2) is 0 Å². The smallest absolute Gasteiger partial charge is 0.122 e. The van der Waals surface area contributed by atoms with Crippen molar-refractivity contribution in [2.24, 2.45) is 5.92 Å². The van der Waals surface area contributed by atoms with Crippen molar-refractivity contribution in [2.75, 3.05) is 26.2 Å². The van der Waals surface area contributed by atoms with Crippen LogP contribution in [0.2, 0.25) is 0 Å². The minimum atomic E-state index is 0.359. The summed E-state index contributed by atoms with van der Waals surface area (Å²) in [6.45, 7) is 6.68. The SMILES string of the molecule is C=C(OC)/C(=C/OC)c1ccccc1COC1=CC=C(N(C)c2ccccc2)C(C)C1. The highest BCUT2D eigenvalue weighted by atomic mass is 16.5. The molecule has 4 heteroatoms. The van der Waals surface area contributed by atoms with Gasteiger partial charge in [0.25, 0.3) is 0 Å². The number of para-hydroxylation sites is 1. The van der Waals surface area contributed by atoms with Gasteiger partial charge in [-0.1, -0.05) is 56.0 Å². The van der Waals surface area contributed by atoms with Crippen molar-refractivity contribution in [2.45, 2.75) is 20.0 Å². The molecule has 31 heavy (non-hydrogen) atoms. The average Bonchev–Trinajstić information content (AvgIpc) is 2.81. The number of allylic oxidation sites excluding steroid dienone is 5. The van der Waals surface area contributed by atoms with E-state index in [1.807, 2.05) is 24.3 Å². The van der Waals surface area contributed by atoms with Gasteiger partial charge in [0.05, 0.1) is 31.8 Å². The van der Waals surface area contributed by atoms with Crippen LogP contribution in [0, 0.1) is 5.92 Å². The summed E-state index contributed by atoms with van der Waals surface area (Å²) in [5.74, 6) is 1.89. The second-order valence-electron chi connectivity index (χ2n) is 7.56. The van der Waals surface area contributed by atoms with E-state index in [1.54, 1.807) is 20.5 Å². The third-order valence-electron chi connectivity index (χ3n) is 5.49. The van der Waals surface area contributed by atoms with Gasteiger partial charge in [0.15, 0.2) is 0 Å². The van der Waals surface area contributed by atoms with Crippen molar-refractivity contribution in [3.05, 3.63) is 108 Å². The lowest BCUT2D eigenvalue weighted by Crippen LogP contribution is -2.23. The Morgan fingerprint density at radius 2 is 1.77 bits per heavy atom. The third kappa shape index (κ3) is 5.40. The van der Waals surface area contributed by atoms with Gasteiger partial charge >= 0.3 is 0 Å². The summed E-state index contributed by atoms with van der Waals surface area (Å²) in [4.78, 5) is 2.24. The second-order valence-corrected chi connectivity index (χ2v) is 7.56. The number of ether oxygens (including phenoxy) is 3. The fourth-order valence-electron chi connectivity index (χ4n) is 3.75. The summed E-state index contributed by atoms with van der Waals surface area (Å²) in [6.07, 6.45) is 6.75. The first-order chi connectivity index (χ1) is 15.0. The largest absolute Gasteiger partial charge is 0.504 e. The Kier molecular flexibility index (Phi) is 7.60. The van der Waals surface area contributed by atoms with Gasteiger partial charge in [-0.3, -0.25) is 0 Å². The summed E-state index contributed by atoms with van der Waals surface area (Å²) in [7, 11) is 5.34. The van der Waals surface area contributed by atoms with Crippen LogP contribution in [-0.2, 0) is 20.8 Å². The van der Waals surface area contributed by atoms with Gasteiger partial charge in [0.2, 0.25) is 0 Å². The van der Waals surface area contributed by atoms with E-state index < -0.39 is 0 Å². The molecule has 4 nitrogen and oxygen atoms in total. The normalized spacial score (nSPS) is 16.1. The first-order valence-corrected chi connectivity index (χ1v) is 10.4. The Labute approximate surface area is 185 Å². The number of benzene rings is 2. The third-order valence-corrected chi connectivity index (χ3v) is 5.49. The molecule has 0 saturated heterocycles. The molecule has 3 rings (SSSR count). The second kappa shape index (κ2) is 10.6. The molecule has 0 bridgehead atoms. The number of nitrogens with zero attached hydrogens (tertiary/aromatic N) is 1. The molecule has 2 aromatic rings. The maximum absolute atomic E-state index is 6.22. The van der Waals surface area contributed by atoms with E-state index in [-0.39, 0.29) is 0 Å². The van der Waals surface area contributed by atoms with Gasteiger partial charge in [0, 0.05) is 30.8 Å². The number of methoxy groups -OCH3 is 2. The van der Waals surface area contributed by atoms with E-state index >= 15 is 0 Å². The quantitative estimate of drug-likeness (QED) is 0.354. The molecule has 0 saturated carbocycles. The fraction of sp³-hybridized carbons (Fsp3) is 0.259. The highest BCUT2D eigenvalue weighted by Gasteiger charge is 2.20. The molecule has 1 unspecified atom stereocenters. The number of hydrogen-bond acceptors (Lipinski definition) is 4. The molecule has 1 atom stereocenters. The molecule has 1 aliphatic rings. The van der Waals surface area contributed by atoms with Crippen LogP contribution in [0.4, 0.5) is 5.69 Å². The van der Waals surface area contributed by atoms with Crippen LogP contribution in [0.25, 0.3) is 5.57 Å². The zero-order valence-electron chi connectivity index (χ0n) is 18.8. The minimum absolute atomic E-state index is 0.359. The molecular formula is C27H31NO3. The van der Waals surface area contributed by atoms with Crippen LogP contribution in [0.1, 0.15) is 24.5 Å². The molecule has 0 amide bonds. The Bertz CT molecular complexity index is 989. The first kappa shape index (κ1) is 22.3. The van der Waals surface area contributed by atoms with Crippen LogP contribution in [-0.4, -0.2) is 21.3 Å². The average molecular weight is 418 g/mol. The molecule has 0 heterocycles. The Balaban J connectivity index is 1.75. The minimum Gasteiger partial charge on any atom is -0.504 e. The van der Waals surface area contributed by atoms with E-state index in [1.165, 1.54) is 11.4 Å². The summed E-state index contributed by atoms with van der Waals surface area (Å²) in [6, 6.07) is 18.5. The number of anilines is 1. The summed E-state index contributed by atoms with van der Waals surface area (Å²) in [5, 5.41) is 0. The van der Waals surface area contributed by atoms with Crippen molar-refractivity contribution in [1.82, 2.24) is 0 Å². The van der Waals surface area contributed by atoms with Gasteiger partial charge < -0.3 is 19.1 Å². The van der Waals surface area contributed by atoms with E-state index in [0.717, 1.165) is 28.9 Å². The predicted octanol–water partition coefficient (Wildman–Crippen LogP) is 6.29. The highest BCUT2D eigenvalue weighted by molar-refractivity contribution is 5.77. The van der Waals surface area contributed by atoms with Crippen molar-refractivity contribution >= 4 is 11.3 Å². The van der Waals surface area contributed by atoms with Crippen LogP contribution in [0.3, 0.4) is 0 Å². The Morgan fingerprint density at radius 3 is 2.45 bits per heavy atom. The highest BCUT2D eigenvalue weighted by Crippen LogP contribution is 2.32. The standard InChI is InChI=1S/C27H31NO3/c1-20-17-24(15-16-27(20)28(3)23-12-7-6-8-13-23)31-18-22-11-9-10-14-25(22)26(19-29-4)21(2)30-5/h6-16,19-20H,2,17-18H2,1,3-5H3/b26-19-. The molecule has 0 radical (unpaired) electrons. The van der Waals surface area contributed by atoms with Gasteiger partial charge in [-0.05, 0) is 35.4 Å². The zero-order valence-corrected chi connectivity index (χ0v) is 18.8. The Hall–Kier alpha value is -3.40. The monoisotopic (exact) mass is 417 g/mol. The Morgan fingerprint density at radius 1 is 1.06 bits per heavy atom. The van der Waals surface area contributed by atoms with Crippen LogP contribution in [0.15, 0.2) is 96.8 Å². The molecule has 0 aromatic heterocycles. The molecule has 2 aromatic carbocycles.